The summed E-state index contributed by atoms with van der Waals surface area (Å²) in [5.41, 5.74) is 0.0821. The standard InChI is InChI=1S/C16H18N2O5S2/c1-2-14(16(20)21)18-15(19)11-5-3-7-13(9-11)25(22,23)17-10-12-6-4-8-24-12/h3-9,14,17H,2,10H2,1H3,(H,18,19)(H,20,21). The maximum atomic E-state index is 12.4. The molecule has 0 aliphatic carbocycles. The fourth-order valence-electron chi connectivity index (χ4n) is 2.05. The summed E-state index contributed by atoms with van der Waals surface area (Å²) in [4.78, 5) is 24.0. The first-order valence-corrected chi connectivity index (χ1v) is 9.85. The zero-order valence-corrected chi connectivity index (χ0v) is 15.1. The van der Waals surface area contributed by atoms with E-state index in [4.69, 9.17) is 5.11 Å². The van der Waals surface area contributed by atoms with Crippen molar-refractivity contribution in [3.05, 3.63) is 52.2 Å². The number of carbonyl (C=O) groups is 2. The minimum atomic E-state index is -3.78. The van der Waals surface area contributed by atoms with Crippen molar-refractivity contribution in [2.75, 3.05) is 0 Å². The highest BCUT2D eigenvalue weighted by Crippen LogP contribution is 2.14. The fraction of sp³-hybridized carbons (Fsp3) is 0.250. The van der Waals surface area contributed by atoms with E-state index in [0.29, 0.717) is 0 Å². The predicted octanol–water partition coefficient (Wildman–Crippen LogP) is 1.82. The molecular weight excluding hydrogens is 364 g/mol. The summed E-state index contributed by atoms with van der Waals surface area (Å²) in [5.74, 6) is -1.78. The van der Waals surface area contributed by atoms with Gasteiger partial charge in [0.25, 0.3) is 5.91 Å². The molecule has 9 heteroatoms. The highest BCUT2D eigenvalue weighted by molar-refractivity contribution is 7.89. The molecule has 25 heavy (non-hydrogen) atoms. The predicted molar refractivity (Wildman–Crippen MR) is 94.0 cm³/mol. The van der Waals surface area contributed by atoms with Gasteiger partial charge in [0.2, 0.25) is 10.0 Å². The monoisotopic (exact) mass is 382 g/mol. The second kappa shape index (κ2) is 8.24. The number of hydrogen-bond acceptors (Lipinski definition) is 5. The molecule has 1 heterocycles. The van der Waals surface area contributed by atoms with Gasteiger partial charge in [-0.15, -0.1) is 11.3 Å². The van der Waals surface area contributed by atoms with Crippen LogP contribution in [0.5, 0.6) is 0 Å². The molecule has 2 aromatic rings. The van der Waals surface area contributed by atoms with Gasteiger partial charge in [-0.25, -0.2) is 17.9 Å². The van der Waals surface area contributed by atoms with Crippen molar-refractivity contribution < 1.29 is 23.1 Å². The average molecular weight is 382 g/mol. The molecule has 1 aromatic carbocycles. The van der Waals surface area contributed by atoms with Crippen LogP contribution in [-0.2, 0) is 21.4 Å². The number of carboxylic acids is 1. The van der Waals surface area contributed by atoms with Crippen LogP contribution in [0.15, 0.2) is 46.7 Å². The Morgan fingerprint density at radius 2 is 2.00 bits per heavy atom. The van der Waals surface area contributed by atoms with Crippen LogP contribution >= 0.6 is 11.3 Å². The molecule has 7 nitrogen and oxygen atoms in total. The van der Waals surface area contributed by atoms with E-state index in [9.17, 15) is 18.0 Å². The van der Waals surface area contributed by atoms with E-state index in [0.717, 1.165) is 4.88 Å². The normalized spacial score (nSPS) is 12.5. The third kappa shape index (κ3) is 5.12. The smallest absolute Gasteiger partial charge is 0.326 e. The van der Waals surface area contributed by atoms with Crippen LogP contribution in [0.4, 0.5) is 0 Å². The quantitative estimate of drug-likeness (QED) is 0.645. The summed E-state index contributed by atoms with van der Waals surface area (Å²) in [5, 5.41) is 13.2. The number of amides is 1. The second-order valence-electron chi connectivity index (χ2n) is 5.20. The molecule has 1 amide bonds. The molecule has 1 atom stereocenters. The van der Waals surface area contributed by atoms with E-state index in [1.807, 2.05) is 17.5 Å². The van der Waals surface area contributed by atoms with Crippen molar-refractivity contribution in [2.45, 2.75) is 30.8 Å². The van der Waals surface area contributed by atoms with E-state index < -0.39 is 27.9 Å². The maximum absolute atomic E-state index is 12.4. The van der Waals surface area contributed by atoms with Crippen LogP contribution in [0, 0.1) is 0 Å². The van der Waals surface area contributed by atoms with Crippen molar-refractivity contribution in [3.63, 3.8) is 0 Å². The lowest BCUT2D eigenvalue weighted by Crippen LogP contribution is -2.40. The van der Waals surface area contributed by atoms with Crippen molar-refractivity contribution in [1.29, 1.82) is 0 Å². The molecule has 0 radical (unpaired) electrons. The molecule has 3 N–H and O–H groups in total. The summed E-state index contributed by atoms with van der Waals surface area (Å²) in [7, 11) is -3.78. The Bertz CT molecular complexity index is 847. The molecule has 134 valence electrons. The van der Waals surface area contributed by atoms with Crippen LogP contribution < -0.4 is 10.0 Å². The Balaban J connectivity index is 2.14. The van der Waals surface area contributed by atoms with E-state index in [-0.39, 0.29) is 23.4 Å². The number of rotatable bonds is 8. The van der Waals surface area contributed by atoms with Gasteiger partial charge in [-0.05, 0) is 36.1 Å². The lowest BCUT2D eigenvalue weighted by atomic mass is 10.1. The van der Waals surface area contributed by atoms with Gasteiger partial charge in [-0.1, -0.05) is 19.1 Å². The number of carbonyl (C=O) groups excluding carboxylic acids is 1. The molecule has 0 aliphatic rings. The number of nitrogens with one attached hydrogen (secondary N) is 2. The first kappa shape index (κ1) is 19.1. The van der Waals surface area contributed by atoms with Crippen LogP contribution in [-0.4, -0.2) is 31.4 Å². The Hall–Kier alpha value is -2.23. The Morgan fingerprint density at radius 3 is 2.60 bits per heavy atom. The minimum absolute atomic E-state index is 0.0555. The first-order valence-electron chi connectivity index (χ1n) is 7.49. The zero-order valence-electron chi connectivity index (χ0n) is 13.4. The van der Waals surface area contributed by atoms with Crippen LogP contribution in [0.3, 0.4) is 0 Å². The van der Waals surface area contributed by atoms with Gasteiger partial charge >= 0.3 is 5.97 Å². The molecule has 1 unspecified atom stereocenters. The lowest BCUT2D eigenvalue weighted by molar-refractivity contribution is -0.139. The van der Waals surface area contributed by atoms with Gasteiger partial charge in [0, 0.05) is 17.0 Å². The summed E-state index contributed by atoms with van der Waals surface area (Å²) < 4.78 is 27.2. The molecular formula is C16H18N2O5S2. The molecule has 0 saturated heterocycles. The second-order valence-corrected chi connectivity index (χ2v) is 8.00. The van der Waals surface area contributed by atoms with E-state index >= 15 is 0 Å². The Morgan fingerprint density at radius 1 is 1.24 bits per heavy atom. The highest BCUT2D eigenvalue weighted by Gasteiger charge is 2.20. The van der Waals surface area contributed by atoms with Crippen molar-refractivity contribution in [3.8, 4) is 0 Å². The molecule has 1 aromatic heterocycles. The summed E-state index contributed by atoms with van der Waals surface area (Å²) >= 11 is 1.43. The van der Waals surface area contributed by atoms with Crippen molar-refractivity contribution >= 4 is 33.2 Å². The molecule has 0 fully saturated rings. The molecule has 0 bridgehead atoms. The molecule has 0 spiro atoms. The SMILES string of the molecule is CCC(NC(=O)c1cccc(S(=O)(=O)NCc2cccs2)c1)C(=O)O. The van der Waals surface area contributed by atoms with Gasteiger partial charge in [-0.3, -0.25) is 4.79 Å². The van der Waals surface area contributed by atoms with Gasteiger partial charge < -0.3 is 10.4 Å². The van der Waals surface area contributed by atoms with E-state index in [2.05, 4.69) is 10.0 Å². The van der Waals surface area contributed by atoms with Gasteiger partial charge in [-0.2, -0.15) is 0 Å². The van der Waals surface area contributed by atoms with Crippen LogP contribution in [0.1, 0.15) is 28.6 Å². The van der Waals surface area contributed by atoms with Gasteiger partial charge in [0.15, 0.2) is 0 Å². The number of hydrogen-bond donors (Lipinski definition) is 3. The average Bonchev–Trinajstić information content (AvgIpc) is 3.11. The maximum Gasteiger partial charge on any atom is 0.326 e. The Labute approximate surface area is 149 Å². The third-order valence-corrected chi connectivity index (χ3v) is 5.71. The Kier molecular flexibility index (Phi) is 6.29. The number of aliphatic carboxylic acids is 1. The highest BCUT2D eigenvalue weighted by atomic mass is 32.2. The number of thiophene rings is 1. The first-order chi connectivity index (χ1) is 11.8. The van der Waals surface area contributed by atoms with Crippen LogP contribution in [0.2, 0.25) is 0 Å². The fourth-order valence-corrected chi connectivity index (χ4v) is 3.84. The van der Waals surface area contributed by atoms with Crippen molar-refractivity contribution in [2.24, 2.45) is 0 Å². The number of carboxylic acid groups (broad SMARTS) is 1. The molecule has 0 saturated carbocycles. The lowest BCUT2D eigenvalue weighted by Gasteiger charge is -2.13. The minimum Gasteiger partial charge on any atom is -0.480 e. The number of sulfonamides is 1. The number of benzene rings is 1. The van der Waals surface area contributed by atoms with E-state index in [1.165, 1.54) is 35.6 Å². The van der Waals surface area contributed by atoms with Crippen molar-refractivity contribution in [1.82, 2.24) is 10.0 Å². The van der Waals surface area contributed by atoms with Crippen LogP contribution in [0.25, 0.3) is 0 Å². The van der Waals surface area contributed by atoms with Gasteiger partial charge in [0.1, 0.15) is 6.04 Å². The summed E-state index contributed by atoms with van der Waals surface area (Å²) in [6.45, 7) is 1.79. The third-order valence-electron chi connectivity index (χ3n) is 3.43. The van der Waals surface area contributed by atoms with Gasteiger partial charge in [0.05, 0.1) is 4.90 Å². The molecule has 2 rings (SSSR count). The van der Waals surface area contributed by atoms with E-state index in [1.54, 1.807) is 6.92 Å². The summed E-state index contributed by atoms with van der Waals surface area (Å²) in [6.07, 6.45) is 0.224. The molecule has 0 aliphatic heterocycles. The zero-order chi connectivity index (χ0) is 18.4. The summed E-state index contributed by atoms with van der Waals surface area (Å²) in [6, 6.07) is 8.09. The largest absolute Gasteiger partial charge is 0.480 e. The topological polar surface area (TPSA) is 113 Å².